The Kier molecular flexibility index (Phi) is 4.30. The highest BCUT2D eigenvalue weighted by atomic mass is 79.9. The van der Waals surface area contributed by atoms with Crippen LogP contribution in [-0.4, -0.2) is 16.2 Å². The van der Waals surface area contributed by atoms with Crippen molar-refractivity contribution in [3.63, 3.8) is 0 Å². The van der Waals surface area contributed by atoms with E-state index in [-0.39, 0.29) is 18.1 Å². The summed E-state index contributed by atoms with van der Waals surface area (Å²) < 4.78 is 24.2. The molecule has 0 bridgehead atoms. The van der Waals surface area contributed by atoms with E-state index in [0.29, 0.717) is 5.89 Å². The van der Waals surface area contributed by atoms with Gasteiger partial charge in [-0.05, 0) is 52.3 Å². The highest BCUT2D eigenvalue weighted by Crippen LogP contribution is 2.30. The Morgan fingerprint density at radius 1 is 1.23 bits per heavy atom. The summed E-state index contributed by atoms with van der Waals surface area (Å²) in [4.78, 5) is 12.6. The predicted molar refractivity (Wildman–Crippen MR) is 80.8 cm³/mol. The second-order valence-electron chi connectivity index (χ2n) is 4.19. The second kappa shape index (κ2) is 6.37. The molecule has 22 heavy (non-hydrogen) atoms. The molecule has 0 atom stereocenters. The number of aromatic nitrogens is 2. The normalized spacial score (nSPS) is 10.6. The van der Waals surface area contributed by atoms with E-state index in [4.69, 9.17) is 9.15 Å². The number of carbonyl (C=O) groups is 1. The first kappa shape index (κ1) is 14.9. The molecule has 0 fully saturated rings. The van der Waals surface area contributed by atoms with Crippen molar-refractivity contribution in [2.45, 2.75) is 6.61 Å². The fraction of sp³-hybridized carbons (Fsp3) is 0.0714. The van der Waals surface area contributed by atoms with Gasteiger partial charge in [0.15, 0.2) is 6.61 Å². The maximum atomic E-state index is 12.8. The van der Waals surface area contributed by atoms with Crippen molar-refractivity contribution in [1.29, 1.82) is 0 Å². The smallest absolute Gasteiger partial charge is 0.338 e. The van der Waals surface area contributed by atoms with Crippen LogP contribution in [0.3, 0.4) is 0 Å². The minimum atomic E-state index is -0.585. The molecule has 0 saturated heterocycles. The summed E-state index contributed by atoms with van der Waals surface area (Å²) in [5, 5.41) is 7.71. The molecule has 0 amide bonds. The van der Waals surface area contributed by atoms with Crippen LogP contribution in [-0.2, 0) is 11.3 Å². The molecule has 0 unspecified atom stereocenters. The SMILES string of the molecule is O=C(OCc1nnc(-c2ccc(Br)s2)o1)c1ccc(F)cc1. The van der Waals surface area contributed by atoms with Gasteiger partial charge in [-0.2, -0.15) is 0 Å². The first-order valence-corrected chi connectivity index (χ1v) is 7.73. The van der Waals surface area contributed by atoms with Crippen LogP contribution in [0.15, 0.2) is 44.6 Å². The lowest BCUT2D eigenvalue weighted by Crippen LogP contribution is -2.05. The molecule has 1 aromatic carbocycles. The van der Waals surface area contributed by atoms with E-state index < -0.39 is 11.8 Å². The summed E-state index contributed by atoms with van der Waals surface area (Å²) in [7, 11) is 0. The molecular formula is C14H8BrFN2O3S. The van der Waals surface area contributed by atoms with Crippen LogP contribution in [0.5, 0.6) is 0 Å². The minimum absolute atomic E-state index is 0.143. The number of esters is 1. The van der Waals surface area contributed by atoms with Crippen molar-refractivity contribution in [1.82, 2.24) is 10.2 Å². The van der Waals surface area contributed by atoms with Gasteiger partial charge in [0.25, 0.3) is 11.8 Å². The summed E-state index contributed by atoms with van der Waals surface area (Å²) in [5.41, 5.74) is 0.253. The summed E-state index contributed by atoms with van der Waals surface area (Å²) in [6.07, 6.45) is 0. The van der Waals surface area contributed by atoms with Crippen LogP contribution >= 0.6 is 27.3 Å². The van der Waals surface area contributed by atoms with E-state index >= 15 is 0 Å². The lowest BCUT2D eigenvalue weighted by atomic mass is 10.2. The molecule has 0 aliphatic rings. The number of thiophene rings is 1. The number of nitrogens with zero attached hydrogens (tertiary/aromatic N) is 2. The Hall–Kier alpha value is -2.06. The van der Waals surface area contributed by atoms with Gasteiger partial charge in [0.1, 0.15) is 5.82 Å². The maximum Gasteiger partial charge on any atom is 0.338 e. The largest absolute Gasteiger partial charge is 0.452 e. The van der Waals surface area contributed by atoms with Crippen molar-refractivity contribution in [3.8, 4) is 10.8 Å². The van der Waals surface area contributed by atoms with Crippen LogP contribution in [0.4, 0.5) is 4.39 Å². The second-order valence-corrected chi connectivity index (χ2v) is 6.65. The molecule has 8 heteroatoms. The Bertz CT molecular complexity index is 801. The molecule has 5 nitrogen and oxygen atoms in total. The van der Waals surface area contributed by atoms with Gasteiger partial charge in [0.2, 0.25) is 0 Å². The van der Waals surface area contributed by atoms with Gasteiger partial charge in [0, 0.05) is 0 Å². The third kappa shape index (κ3) is 3.40. The Labute approximate surface area is 136 Å². The monoisotopic (exact) mass is 382 g/mol. The summed E-state index contributed by atoms with van der Waals surface area (Å²) in [6.45, 7) is -0.143. The summed E-state index contributed by atoms with van der Waals surface area (Å²) >= 11 is 4.80. The highest BCUT2D eigenvalue weighted by Gasteiger charge is 2.13. The lowest BCUT2D eigenvalue weighted by molar-refractivity contribution is 0.0438. The van der Waals surface area contributed by atoms with Gasteiger partial charge in [-0.3, -0.25) is 0 Å². The fourth-order valence-corrected chi connectivity index (χ4v) is 2.94. The number of hydrogen-bond acceptors (Lipinski definition) is 6. The van der Waals surface area contributed by atoms with Crippen LogP contribution in [0.1, 0.15) is 16.2 Å². The number of rotatable bonds is 4. The summed E-state index contributed by atoms with van der Waals surface area (Å²) in [6, 6.07) is 8.79. The first-order valence-electron chi connectivity index (χ1n) is 6.12. The molecular weight excluding hydrogens is 375 g/mol. The Morgan fingerprint density at radius 2 is 2.00 bits per heavy atom. The van der Waals surface area contributed by atoms with Crippen molar-refractivity contribution < 1.29 is 18.3 Å². The van der Waals surface area contributed by atoms with E-state index in [1.807, 2.05) is 12.1 Å². The topological polar surface area (TPSA) is 65.2 Å². The fourth-order valence-electron chi connectivity index (χ4n) is 1.64. The highest BCUT2D eigenvalue weighted by molar-refractivity contribution is 9.11. The van der Waals surface area contributed by atoms with Gasteiger partial charge < -0.3 is 9.15 Å². The molecule has 0 spiro atoms. The van der Waals surface area contributed by atoms with Crippen LogP contribution in [0, 0.1) is 5.82 Å². The first-order chi connectivity index (χ1) is 10.6. The number of halogens is 2. The Balaban J connectivity index is 1.63. The molecule has 2 heterocycles. The maximum absolute atomic E-state index is 12.8. The summed E-state index contributed by atoms with van der Waals surface area (Å²) in [5.74, 6) is -0.447. The van der Waals surface area contributed by atoms with Crippen molar-refractivity contribution in [2.24, 2.45) is 0 Å². The quantitative estimate of drug-likeness (QED) is 0.636. The van der Waals surface area contributed by atoms with Crippen molar-refractivity contribution in [3.05, 3.63) is 57.5 Å². The van der Waals surface area contributed by atoms with Crippen molar-refractivity contribution in [2.75, 3.05) is 0 Å². The van der Waals surface area contributed by atoms with E-state index in [1.165, 1.54) is 35.6 Å². The molecule has 0 radical (unpaired) electrons. The van der Waals surface area contributed by atoms with E-state index in [0.717, 1.165) is 8.66 Å². The molecule has 0 N–H and O–H groups in total. The zero-order chi connectivity index (χ0) is 15.5. The van der Waals surface area contributed by atoms with Crippen LogP contribution in [0.2, 0.25) is 0 Å². The molecule has 3 aromatic rings. The molecule has 0 aliphatic heterocycles. The zero-order valence-electron chi connectivity index (χ0n) is 11.0. The third-order valence-electron chi connectivity index (χ3n) is 2.66. The molecule has 0 aliphatic carbocycles. The van der Waals surface area contributed by atoms with Gasteiger partial charge in [-0.1, -0.05) is 0 Å². The average molecular weight is 383 g/mol. The molecule has 2 aromatic heterocycles. The van der Waals surface area contributed by atoms with E-state index in [1.54, 1.807) is 0 Å². The molecule has 0 saturated carbocycles. The Morgan fingerprint density at radius 3 is 2.68 bits per heavy atom. The van der Waals surface area contributed by atoms with Crippen LogP contribution in [0.25, 0.3) is 10.8 Å². The standard InChI is InChI=1S/C14H8BrFN2O3S/c15-11-6-5-10(22-11)13-18-17-12(21-13)7-20-14(19)8-1-3-9(16)4-2-8/h1-6H,7H2. The van der Waals surface area contributed by atoms with E-state index in [9.17, 15) is 9.18 Å². The molecule has 3 rings (SSSR count). The lowest BCUT2D eigenvalue weighted by Gasteiger charge is -2.01. The predicted octanol–water partition coefficient (Wildman–Crippen LogP) is 4.06. The molecule has 112 valence electrons. The zero-order valence-corrected chi connectivity index (χ0v) is 13.4. The number of carbonyl (C=O) groups excluding carboxylic acids is 1. The van der Waals surface area contributed by atoms with Crippen molar-refractivity contribution >= 4 is 33.2 Å². The van der Waals surface area contributed by atoms with Gasteiger partial charge in [-0.25, -0.2) is 9.18 Å². The van der Waals surface area contributed by atoms with Gasteiger partial charge in [0.05, 0.1) is 14.2 Å². The van der Waals surface area contributed by atoms with Gasteiger partial charge in [-0.15, -0.1) is 21.5 Å². The van der Waals surface area contributed by atoms with E-state index in [2.05, 4.69) is 26.1 Å². The number of benzene rings is 1. The van der Waals surface area contributed by atoms with Gasteiger partial charge >= 0.3 is 5.97 Å². The number of ether oxygens (including phenoxy) is 1. The minimum Gasteiger partial charge on any atom is -0.452 e. The number of hydrogen-bond donors (Lipinski definition) is 0. The third-order valence-corrected chi connectivity index (χ3v) is 4.27. The average Bonchev–Trinajstić information content (AvgIpc) is 3.14. The van der Waals surface area contributed by atoms with Crippen LogP contribution < -0.4 is 0 Å².